The van der Waals surface area contributed by atoms with E-state index in [2.05, 4.69) is 21.2 Å². The average Bonchev–Trinajstić information content (AvgIpc) is 2.56. The minimum Gasteiger partial charge on any atom is -0.487 e. The van der Waals surface area contributed by atoms with Gasteiger partial charge in [0.2, 0.25) is 0 Å². The summed E-state index contributed by atoms with van der Waals surface area (Å²) in [5, 5.41) is 13.8. The first-order valence-corrected chi connectivity index (χ1v) is 9.67. The van der Waals surface area contributed by atoms with Gasteiger partial charge in [-0.05, 0) is 38.8 Å². The Labute approximate surface area is 166 Å². The van der Waals surface area contributed by atoms with Gasteiger partial charge in [0.05, 0.1) is 22.9 Å². The lowest BCUT2D eigenvalue weighted by Crippen LogP contribution is -2.45. The number of carbonyl (C=O) groups is 2. The molecule has 9 heteroatoms. The predicted octanol–water partition coefficient (Wildman–Crippen LogP) is 3.78. The van der Waals surface area contributed by atoms with Crippen molar-refractivity contribution in [2.75, 3.05) is 11.9 Å². The van der Waals surface area contributed by atoms with E-state index in [0.29, 0.717) is 18.6 Å². The highest BCUT2D eigenvalue weighted by atomic mass is 79.9. The molecule has 0 aromatic heterocycles. The summed E-state index contributed by atoms with van der Waals surface area (Å²) < 4.78 is 10.7. The van der Waals surface area contributed by atoms with Gasteiger partial charge in [-0.25, -0.2) is 4.79 Å². The van der Waals surface area contributed by atoms with Crippen LogP contribution >= 0.6 is 15.9 Å². The van der Waals surface area contributed by atoms with Crippen molar-refractivity contribution in [1.29, 1.82) is 0 Å². The maximum absolute atomic E-state index is 12.2. The number of nitrogens with one attached hydrogen (secondary N) is 1. The van der Waals surface area contributed by atoms with Gasteiger partial charge in [-0.1, -0.05) is 28.9 Å². The first kappa shape index (κ1) is 22.9. The highest BCUT2D eigenvalue weighted by molar-refractivity contribution is 9.09. The maximum Gasteiger partial charge on any atom is 0.408 e. The van der Waals surface area contributed by atoms with Gasteiger partial charge in [-0.2, -0.15) is 0 Å². The van der Waals surface area contributed by atoms with Crippen LogP contribution in [0.5, 0.6) is 5.75 Å². The Morgan fingerprint density at radius 1 is 1.33 bits per heavy atom. The quantitative estimate of drug-likeness (QED) is 0.352. The number of hydrogen-bond acceptors (Lipinski definition) is 6. The van der Waals surface area contributed by atoms with Crippen LogP contribution in [0, 0.1) is 10.1 Å². The molecule has 1 rings (SSSR count). The Balaban J connectivity index is 3.01. The van der Waals surface area contributed by atoms with Gasteiger partial charge in [-0.3, -0.25) is 14.9 Å². The largest absolute Gasteiger partial charge is 0.487 e. The van der Waals surface area contributed by atoms with E-state index in [-0.39, 0.29) is 29.0 Å². The molecule has 0 saturated heterocycles. The molecule has 27 heavy (non-hydrogen) atoms. The monoisotopic (exact) mass is 444 g/mol. The molecule has 0 bridgehead atoms. The molecule has 0 saturated carbocycles. The summed E-state index contributed by atoms with van der Waals surface area (Å²) in [6, 6.07) is 3.57. The highest BCUT2D eigenvalue weighted by Gasteiger charge is 2.25. The van der Waals surface area contributed by atoms with Gasteiger partial charge >= 0.3 is 11.8 Å². The van der Waals surface area contributed by atoms with E-state index in [9.17, 15) is 19.7 Å². The van der Waals surface area contributed by atoms with Crippen molar-refractivity contribution in [1.82, 2.24) is 5.32 Å². The van der Waals surface area contributed by atoms with Gasteiger partial charge < -0.3 is 14.8 Å². The molecular weight excluding hydrogens is 420 g/mol. The van der Waals surface area contributed by atoms with Crippen molar-refractivity contribution in [3.05, 3.63) is 33.9 Å². The van der Waals surface area contributed by atoms with Crippen molar-refractivity contribution in [2.45, 2.75) is 52.2 Å². The third-order valence-electron chi connectivity index (χ3n) is 3.33. The first-order chi connectivity index (χ1) is 12.6. The number of halogens is 1. The van der Waals surface area contributed by atoms with Crippen LogP contribution in [-0.2, 0) is 16.0 Å². The molecule has 1 aromatic carbocycles. The molecule has 0 radical (unpaired) electrons. The number of hydrogen-bond donors (Lipinski definition) is 1. The van der Waals surface area contributed by atoms with Gasteiger partial charge in [-0.15, -0.1) is 0 Å². The van der Waals surface area contributed by atoms with Crippen LogP contribution in [0.4, 0.5) is 10.5 Å². The van der Waals surface area contributed by atoms with Gasteiger partial charge in [0, 0.05) is 12.5 Å². The van der Waals surface area contributed by atoms with E-state index in [0.717, 1.165) is 0 Å². The van der Waals surface area contributed by atoms with Crippen LogP contribution in [0.2, 0.25) is 0 Å². The molecule has 0 aliphatic rings. The van der Waals surface area contributed by atoms with E-state index in [1.54, 1.807) is 26.8 Å². The molecule has 1 N–H and O–H groups in total. The SMILES string of the molecule is CCCOc1cc(CC(NC(=O)OC(C)(C)C)C(=O)CBr)ccc1[N+](=O)[O-]. The van der Waals surface area contributed by atoms with Crippen LogP contribution in [0.1, 0.15) is 39.7 Å². The number of rotatable bonds is 9. The number of nitro benzene ring substituents is 1. The van der Waals surface area contributed by atoms with E-state index in [1.165, 1.54) is 12.1 Å². The topological polar surface area (TPSA) is 108 Å². The average molecular weight is 445 g/mol. The van der Waals surface area contributed by atoms with E-state index in [4.69, 9.17) is 9.47 Å². The normalized spacial score (nSPS) is 12.2. The predicted molar refractivity (Wildman–Crippen MR) is 105 cm³/mol. The Kier molecular flexibility index (Phi) is 8.68. The summed E-state index contributed by atoms with van der Waals surface area (Å²) in [5.41, 5.74) is -0.210. The zero-order chi connectivity index (χ0) is 20.6. The lowest BCUT2D eigenvalue weighted by molar-refractivity contribution is -0.385. The second kappa shape index (κ2) is 10.2. The van der Waals surface area contributed by atoms with Crippen LogP contribution in [0.25, 0.3) is 0 Å². The molecule has 1 amide bonds. The molecule has 0 aliphatic carbocycles. The summed E-state index contributed by atoms with van der Waals surface area (Å²) in [7, 11) is 0. The third-order valence-corrected chi connectivity index (χ3v) is 3.89. The Morgan fingerprint density at radius 2 is 2.00 bits per heavy atom. The van der Waals surface area contributed by atoms with Crippen LogP contribution in [0.15, 0.2) is 18.2 Å². The van der Waals surface area contributed by atoms with Crippen molar-refractivity contribution in [3.63, 3.8) is 0 Å². The molecule has 0 heterocycles. The molecule has 1 atom stereocenters. The lowest BCUT2D eigenvalue weighted by atomic mass is 10.0. The number of nitrogens with zero attached hydrogens (tertiary/aromatic N) is 1. The van der Waals surface area contributed by atoms with Gasteiger partial charge in [0.1, 0.15) is 5.60 Å². The molecule has 150 valence electrons. The Hall–Kier alpha value is -2.16. The summed E-state index contributed by atoms with van der Waals surface area (Å²) in [5.74, 6) is -0.100. The fraction of sp³-hybridized carbons (Fsp3) is 0.556. The Bertz CT molecular complexity index is 687. The fourth-order valence-electron chi connectivity index (χ4n) is 2.19. The Morgan fingerprint density at radius 3 is 2.52 bits per heavy atom. The second-order valence-corrected chi connectivity index (χ2v) is 7.47. The van der Waals surface area contributed by atoms with Crippen molar-refractivity contribution < 1.29 is 24.0 Å². The number of alkyl carbamates (subject to hydrolysis) is 1. The zero-order valence-electron chi connectivity index (χ0n) is 15.9. The molecule has 1 aromatic rings. The molecule has 0 fully saturated rings. The van der Waals surface area contributed by atoms with Gasteiger partial charge in [0.15, 0.2) is 11.5 Å². The second-order valence-electron chi connectivity index (χ2n) is 6.91. The number of Topliss-reactive ketones (excluding diaryl/α,β-unsaturated/α-hetero) is 1. The molecule has 0 aliphatic heterocycles. The van der Waals surface area contributed by atoms with E-state index >= 15 is 0 Å². The fourth-order valence-corrected chi connectivity index (χ4v) is 2.58. The molecular formula is C18H25BrN2O6. The van der Waals surface area contributed by atoms with Crippen LogP contribution in [0.3, 0.4) is 0 Å². The summed E-state index contributed by atoms with van der Waals surface area (Å²) in [6.45, 7) is 7.40. The van der Waals surface area contributed by atoms with Gasteiger partial charge in [0.25, 0.3) is 0 Å². The number of nitro groups is 1. The maximum atomic E-state index is 12.2. The standard InChI is InChI=1S/C18H25BrN2O6/c1-5-8-26-16-10-12(6-7-14(16)21(24)25)9-13(15(22)11-19)20-17(23)27-18(2,3)4/h6-7,10,13H,5,8-9,11H2,1-4H3,(H,20,23). The first-order valence-electron chi connectivity index (χ1n) is 8.55. The smallest absolute Gasteiger partial charge is 0.408 e. The number of ether oxygens (including phenoxy) is 2. The summed E-state index contributed by atoms with van der Waals surface area (Å²) in [6.07, 6.45) is 0.155. The number of ketones is 1. The summed E-state index contributed by atoms with van der Waals surface area (Å²) in [4.78, 5) is 34.8. The summed E-state index contributed by atoms with van der Waals surface area (Å²) >= 11 is 3.10. The lowest BCUT2D eigenvalue weighted by Gasteiger charge is -2.23. The minimum atomic E-state index is -0.834. The van der Waals surface area contributed by atoms with Crippen molar-refractivity contribution >= 4 is 33.5 Å². The molecule has 8 nitrogen and oxygen atoms in total. The zero-order valence-corrected chi connectivity index (χ0v) is 17.5. The van der Waals surface area contributed by atoms with Crippen LogP contribution < -0.4 is 10.1 Å². The number of amides is 1. The van der Waals surface area contributed by atoms with E-state index < -0.39 is 22.7 Å². The molecule has 1 unspecified atom stereocenters. The number of alkyl halides is 1. The third kappa shape index (κ3) is 7.94. The number of benzene rings is 1. The number of carbonyl (C=O) groups excluding carboxylic acids is 2. The minimum absolute atomic E-state index is 0.0552. The van der Waals surface area contributed by atoms with Crippen molar-refractivity contribution in [2.24, 2.45) is 0 Å². The van der Waals surface area contributed by atoms with Crippen molar-refractivity contribution in [3.8, 4) is 5.75 Å². The van der Waals surface area contributed by atoms with Crippen LogP contribution in [-0.4, -0.2) is 40.4 Å². The molecule has 0 spiro atoms. The van der Waals surface area contributed by atoms with E-state index in [1.807, 2.05) is 6.92 Å². The highest BCUT2D eigenvalue weighted by Crippen LogP contribution is 2.28.